The Balaban J connectivity index is 2.04. The topological polar surface area (TPSA) is 63.8 Å². The molecule has 0 spiro atoms. The smallest absolute Gasteiger partial charge is 0.147 e. The normalized spacial score (nSPS) is 12.3. The summed E-state index contributed by atoms with van der Waals surface area (Å²) in [5.74, 6) is -0.569. The maximum atomic E-state index is 13.7. The van der Waals surface area contributed by atoms with Crippen molar-refractivity contribution in [3.63, 3.8) is 0 Å². The van der Waals surface area contributed by atoms with Crippen molar-refractivity contribution in [3.05, 3.63) is 72.1 Å². The second kappa shape index (κ2) is 5.18. The van der Waals surface area contributed by atoms with E-state index < -0.39 is 11.9 Å². The Morgan fingerprint density at radius 3 is 2.65 bits per heavy atom. The van der Waals surface area contributed by atoms with Gasteiger partial charge in [0.15, 0.2) is 0 Å². The van der Waals surface area contributed by atoms with Crippen molar-refractivity contribution in [1.82, 2.24) is 20.0 Å². The van der Waals surface area contributed by atoms with E-state index in [1.807, 2.05) is 30.3 Å². The first-order valence-electron chi connectivity index (χ1n) is 6.02. The predicted molar refractivity (Wildman–Crippen MR) is 69.6 cm³/mol. The van der Waals surface area contributed by atoms with Crippen LogP contribution in [0.1, 0.15) is 17.5 Å². The molecule has 2 heterocycles. The van der Waals surface area contributed by atoms with E-state index in [-0.39, 0.29) is 5.69 Å². The summed E-state index contributed by atoms with van der Waals surface area (Å²) < 4.78 is 15.2. The summed E-state index contributed by atoms with van der Waals surface area (Å²) in [6.07, 6.45) is 1.59. The van der Waals surface area contributed by atoms with Gasteiger partial charge in [-0.05, 0) is 24.3 Å². The first-order valence-corrected chi connectivity index (χ1v) is 6.02. The van der Waals surface area contributed by atoms with Crippen LogP contribution in [0.5, 0.6) is 0 Å². The van der Waals surface area contributed by atoms with Crippen molar-refractivity contribution in [1.29, 1.82) is 0 Å². The summed E-state index contributed by atoms with van der Waals surface area (Å²) in [6, 6.07) is 11.9. The molecule has 0 fully saturated rings. The fourth-order valence-electron chi connectivity index (χ4n) is 1.94. The number of benzene rings is 1. The second-order valence-corrected chi connectivity index (χ2v) is 4.18. The summed E-state index contributed by atoms with van der Waals surface area (Å²) in [6.45, 7) is 0. The Morgan fingerprint density at radius 1 is 1.10 bits per heavy atom. The Hall–Kier alpha value is -2.60. The molecule has 0 bridgehead atoms. The van der Waals surface area contributed by atoms with Crippen LogP contribution in [0, 0.1) is 5.82 Å². The third-order valence-electron chi connectivity index (χ3n) is 2.90. The average Bonchev–Trinajstić information content (AvgIpc) is 2.97. The van der Waals surface area contributed by atoms with Crippen LogP contribution in [0.2, 0.25) is 0 Å². The van der Waals surface area contributed by atoms with Gasteiger partial charge in [-0.15, -0.1) is 5.10 Å². The van der Waals surface area contributed by atoms with Crippen molar-refractivity contribution in [2.45, 2.75) is 6.10 Å². The molecular formula is C14H11FN4O. The lowest BCUT2D eigenvalue weighted by atomic mass is 10.1. The Kier molecular flexibility index (Phi) is 3.22. The fraction of sp³-hybridized carbons (Fsp3) is 0.0714. The van der Waals surface area contributed by atoms with Crippen LogP contribution in [0.25, 0.3) is 5.69 Å². The largest absolute Gasteiger partial charge is 0.380 e. The van der Waals surface area contributed by atoms with E-state index in [0.29, 0.717) is 5.69 Å². The average molecular weight is 270 g/mol. The lowest BCUT2D eigenvalue weighted by Crippen LogP contribution is -2.11. The number of nitrogens with zero attached hydrogens (tertiary/aromatic N) is 4. The molecule has 1 unspecified atom stereocenters. The molecule has 20 heavy (non-hydrogen) atoms. The summed E-state index contributed by atoms with van der Waals surface area (Å²) in [4.78, 5) is 3.88. The number of para-hydroxylation sites is 1. The molecule has 0 radical (unpaired) electrons. The summed E-state index contributed by atoms with van der Waals surface area (Å²) >= 11 is 0. The summed E-state index contributed by atoms with van der Waals surface area (Å²) in [5, 5.41) is 18.0. The second-order valence-electron chi connectivity index (χ2n) is 4.18. The number of hydrogen-bond donors (Lipinski definition) is 1. The molecule has 1 atom stereocenters. The van der Waals surface area contributed by atoms with E-state index in [9.17, 15) is 9.50 Å². The number of hydrogen-bond acceptors (Lipinski definition) is 4. The number of aliphatic hydroxyl groups excluding tert-OH is 1. The minimum atomic E-state index is -1.23. The van der Waals surface area contributed by atoms with Gasteiger partial charge >= 0.3 is 0 Å². The van der Waals surface area contributed by atoms with Crippen molar-refractivity contribution in [3.8, 4) is 5.69 Å². The molecule has 1 aromatic carbocycles. The van der Waals surface area contributed by atoms with Gasteiger partial charge in [-0.25, -0.2) is 9.07 Å². The number of pyridine rings is 1. The number of rotatable bonds is 3. The van der Waals surface area contributed by atoms with Crippen molar-refractivity contribution in [2.75, 3.05) is 0 Å². The zero-order chi connectivity index (χ0) is 13.9. The van der Waals surface area contributed by atoms with Crippen LogP contribution in [-0.4, -0.2) is 25.1 Å². The Morgan fingerprint density at radius 2 is 1.90 bits per heavy atom. The molecule has 0 aliphatic rings. The van der Waals surface area contributed by atoms with Crippen LogP contribution >= 0.6 is 0 Å². The van der Waals surface area contributed by atoms with Gasteiger partial charge in [0, 0.05) is 6.20 Å². The Bertz CT molecular complexity index is 714. The number of halogens is 1. The highest BCUT2D eigenvalue weighted by atomic mass is 19.1. The van der Waals surface area contributed by atoms with E-state index >= 15 is 0 Å². The van der Waals surface area contributed by atoms with E-state index in [1.165, 1.54) is 29.2 Å². The summed E-state index contributed by atoms with van der Waals surface area (Å²) in [5.41, 5.74) is 1.04. The van der Waals surface area contributed by atoms with Gasteiger partial charge in [0.25, 0.3) is 0 Å². The molecule has 2 aromatic heterocycles. The van der Waals surface area contributed by atoms with E-state index in [2.05, 4.69) is 15.3 Å². The first kappa shape index (κ1) is 12.4. The lowest BCUT2D eigenvalue weighted by molar-refractivity contribution is 0.201. The fourth-order valence-corrected chi connectivity index (χ4v) is 1.94. The molecular weight excluding hydrogens is 259 g/mol. The molecule has 3 aromatic rings. The van der Waals surface area contributed by atoms with Crippen LogP contribution in [0.15, 0.2) is 54.9 Å². The zero-order valence-corrected chi connectivity index (χ0v) is 10.4. The molecule has 0 saturated carbocycles. The standard InChI is InChI=1S/C14H11FN4O/c15-11-7-4-8-16-13(11)14(20)12-9-17-18-19(12)10-5-2-1-3-6-10/h1-9,14,20H. The molecule has 100 valence electrons. The SMILES string of the molecule is OC(c1ncccc1F)c1cnnn1-c1ccccc1. The molecule has 1 N–H and O–H groups in total. The highest BCUT2D eigenvalue weighted by Crippen LogP contribution is 2.23. The van der Waals surface area contributed by atoms with Gasteiger partial charge in [-0.2, -0.15) is 0 Å². The number of aromatic nitrogens is 4. The van der Waals surface area contributed by atoms with Gasteiger partial charge in [0.05, 0.1) is 17.6 Å². The van der Waals surface area contributed by atoms with Gasteiger partial charge in [0.1, 0.15) is 17.6 Å². The van der Waals surface area contributed by atoms with Gasteiger partial charge in [-0.3, -0.25) is 4.98 Å². The van der Waals surface area contributed by atoms with Crippen LogP contribution in [0.4, 0.5) is 4.39 Å². The number of aliphatic hydroxyl groups is 1. The van der Waals surface area contributed by atoms with Gasteiger partial charge in [-0.1, -0.05) is 23.4 Å². The predicted octanol–water partition coefficient (Wildman–Crippen LogP) is 1.88. The van der Waals surface area contributed by atoms with Gasteiger partial charge in [0.2, 0.25) is 0 Å². The monoisotopic (exact) mass is 270 g/mol. The minimum absolute atomic E-state index is 0.0491. The molecule has 0 saturated heterocycles. The zero-order valence-electron chi connectivity index (χ0n) is 10.4. The van der Waals surface area contributed by atoms with Crippen molar-refractivity contribution in [2.24, 2.45) is 0 Å². The van der Waals surface area contributed by atoms with Crippen molar-refractivity contribution >= 4 is 0 Å². The van der Waals surface area contributed by atoms with Crippen LogP contribution in [0.3, 0.4) is 0 Å². The first-order chi connectivity index (χ1) is 9.77. The highest BCUT2D eigenvalue weighted by molar-refractivity contribution is 5.33. The quantitative estimate of drug-likeness (QED) is 0.789. The van der Waals surface area contributed by atoms with E-state index in [1.54, 1.807) is 0 Å². The van der Waals surface area contributed by atoms with Crippen molar-refractivity contribution < 1.29 is 9.50 Å². The maximum absolute atomic E-state index is 13.7. The third kappa shape index (κ3) is 2.17. The minimum Gasteiger partial charge on any atom is -0.380 e. The molecule has 0 aliphatic carbocycles. The van der Waals surface area contributed by atoms with Crippen LogP contribution < -0.4 is 0 Å². The highest BCUT2D eigenvalue weighted by Gasteiger charge is 2.21. The molecule has 3 rings (SSSR count). The van der Waals surface area contributed by atoms with Crippen LogP contribution in [-0.2, 0) is 0 Å². The molecule has 0 amide bonds. The Labute approximate surface area is 114 Å². The van der Waals surface area contributed by atoms with E-state index in [0.717, 1.165) is 5.69 Å². The maximum Gasteiger partial charge on any atom is 0.147 e. The summed E-state index contributed by atoms with van der Waals surface area (Å²) in [7, 11) is 0. The van der Waals surface area contributed by atoms with Gasteiger partial charge < -0.3 is 5.11 Å². The lowest BCUT2D eigenvalue weighted by Gasteiger charge is -2.12. The molecule has 6 heteroatoms. The molecule has 0 aliphatic heterocycles. The molecule has 5 nitrogen and oxygen atoms in total. The van der Waals surface area contributed by atoms with E-state index in [4.69, 9.17) is 0 Å². The third-order valence-corrected chi connectivity index (χ3v) is 2.90.